The largest absolute Gasteiger partial charge is 0.493 e. The van der Waals surface area contributed by atoms with Crippen LogP contribution in [0.4, 0.5) is 11.8 Å². The van der Waals surface area contributed by atoms with Gasteiger partial charge in [0.25, 0.3) is 0 Å². The lowest BCUT2D eigenvalue weighted by Gasteiger charge is -2.33. The standard InChI is InChI=1S/C19H28N4O2.H2/c1-5-6-13-7-9-23(10-8-13)18-14-11-16(24-3)17(25-4)12-15(14)21-19(20-2)22-18;/h11-13H,5-10H2,1-4H3,(H,20,21,22);1H. The van der Waals surface area contributed by atoms with E-state index < -0.39 is 0 Å². The second kappa shape index (κ2) is 7.76. The number of anilines is 2. The lowest BCUT2D eigenvalue weighted by Crippen LogP contribution is -2.34. The van der Waals surface area contributed by atoms with E-state index in [2.05, 4.69) is 22.1 Å². The van der Waals surface area contributed by atoms with E-state index >= 15 is 0 Å². The average Bonchev–Trinajstić information content (AvgIpc) is 2.66. The van der Waals surface area contributed by atoms with Gasteiger partial charge in [0.1, 0.15) is 5.82 Å². The molecule has 1 N–H and O–H groups in total. The van der Waals surface area contributed by atoms with Crippen molar-refractivity contribution < 1.29 is 10.9 Å². The van der Waals surface area contributed by atoms with Crippen molar-refractivity contribution in [3.63, 3.8) is 0 Å². The molecule has 0 spiro atoms. The number of aromatic nitrogens is 2. The second-order valence-corrected chi connectivity index (χ2v) is 6.56. The third-order valence-electron chi connectivity index (χ3n) is 5.02. The quantitative estimate of drug-likeness (QED) is 0.854. The van der Waals surface area contributed by atoms with Crippen LogP contribution in [-0.2, 0) is 0 Å². The third kappa shape index (κ3) is 3.57. The molecule has 25 heavy (non-hydrogen) atoms. The Morgan fingerprint density at radius 1 is 1.16 bits per heavy atom. The van der Waals surface area contributed by atoms with Crippen molar-refractivity contribution in [3.05, 3.63) is 12.1 Å². The molecular weight excluding hydrogens is 316 g/mol. The third-order valence-corrected chi connectivity index (χ3v) is 5.02. The summed E-state index contributed by atoms with van der Waals surface area (Å²) in [6.45, 7) is 4.34. The van der Waals surface area contributed by atoms with E-state index in [-0.39, 0.29) is 1.43 Å². The van der Waals surface area contributed by atoms with Crippen molar-refractivity contribution in [2.45, 2.75) is 32.6 Å². The molecule has 6 heteroatoms. The predicted octanol–water partition coefficient (Wildman–Crippen LogP) is 3.95. The molecule has 2 heterocycles. The number of nitrogens with zero attached hydrogens (tertiary/aromatic N) is 3. The van der Waals surface area contributed by atoms with Crippen LogP contribution >= 0.6 is 0 Å². The minimum Gasteiger partial charge on any atom is -0.493 e. The van der Waals surface area contributed by atoms with Gasteiger partial charge in [-0.15, -0.1) is 0 Å². The zero-order chi connectivity index (χ0) is 17.8. The summed E-state index contributed by atoms with van der Waals surface area (Å²) in [6, 6.07) is 3.91. The summed E-state index contributed by atoms with van der Waals surface area (Å²) in [4.78, 5) is 11.7. The zero-order valence-electron chi connectivity index (χ0n) is 15.6. The van der Waals surface area contributed by atoms with Crippen LogP contribution in [0.2, 0.25) is 0 Å². The van der Waals surface area contributed by atoms with E-state index in [0.29, 0.717) is 17.4 Å². The molecule has 0 bridgehead atoms. The van der Waals surface area contributed by atoms with Crippen LogP contribution in [0.15, 0.2) is 12.1 Å². The molecule has 0 saturated carbocycles. The van der Waals surface area contributed by atoms with Gasteiger partial charge in [0.15, 0.2) is 11.5 Å². The summed E-state index contributed by atoms with van der Waals surface area (Å²) >= 11 is 0. The maximum atomic E-state index is 5.48. The van der Waals surface area contributed by atoms with Crippen molar-refractivity contribution in [2.24, 2.45) is 5.92 Å². The maximum absolute atomic E-state index is 5.48. The fourth-order valence-corrected chi connectivity index (χ4v) is 3.63. The van der Waals surface area contributed by atoms with Crippen LogP contribution < -0.4 is 19.7 Å². The molecule has 1 fully saturated rings. The number of fused-ring (bicyclic) bond motifs is 1. The van der Waals surface area contributed by atoms with Crippen LogP contribution in [0, 0.1) is 5.92 Å². The molecule has 1 saturated heterocycles. The molecule has 6 nitrogen and oxygen atoms in total. The van der Waals surface area contributed by atoms with Crippen molar-refractivity contribution in [1.82, 2.24) is 9.97 Å². The van der Waals surface area contributed by atoms with Gasteiger partial charge in [-0.25, -0.2) is 4.98 Å². The van der Waals surface area contributed by atoms with Crippen LogP contribution in [0.25, 0.3) is 10.9 Å². The Morgan fingerprint density at radius 2 is 1.84 bits per heavy atom. The Hall–Kier alpha value is -2.24. The minimum atomic E-state index is 0. The van der Waals surface area contributed by atoms with E-state index in [1.54, 1.807) is 14.2 Å². The fraction of sp³-hybridized carbons (Fsp3) is 0.579. The van der Waals surface area contributed by atoms with E-state index in [1.165, 1.54) is 25.7 Å². The predicted molar refractivity (Wildman–Crippen MR) is 104 cm³/mol. The first-order chi connectivity index (χ1) is 12.2. The fourth-order valence-electron chi connectivity index (χ4n) is 3.63. The molecule has 138 valence electrons. The summed E-state index contributed by atoms with van der Waals surface area (Å²) < 4.78 is 10.9. The Balaban J connectivity index is 0.00000243. The highest BCUT2D eigenvalue weighted by Crippen LogP contribution is 2.37. The van der Waals surface area contributed by atoms with Gasteiger partial charge in [0, 0.05) is 33.0 Å². The van der Waals surface area contributed by atoms with E-state index in [4.69, 9.17) is 14.5 Å². The molecule has 1 aromatic heterocycles. The average molecular weight is 346 g/mol. The Labute approximate surface area is 151 Å². The van der Waals surface area contributed by atoms with Gasteiger partial charge < -0.3 is 19.7 Å². The van der Waals surface area contributed by atoms with Crippen molar-refractivity contribution in [2.75, 3.05) is 44.6 Å². The molecule has 1 aliphatic heterocycles. The van der Waals surface area contributed by atoms with Gasteiger partial charge in [-0.2, -0.15) is 4.98 Å². The normalized spacial score (nSPS) is 15.4. The lowest BCUT2D eigenvalue weighted by atomic mass is 9.92. The number of benzene rings is 1. The Morgan fingerprint density at radius 3 is 2.44 bits per heavy atom. The monoisotopic (exact) mass is 346 g/mol. The van der Waals surface area contributed by atoms with Crippen LogP contribution in [0.3, 0.4) is 0 Å². The highest BCUT2D eigenvalue weighted by Gasteiger charge is 2.23. The number of hydrogen-bond acceptors (Lipinski definition) is 6. The van der Waals surface area contributed by atoms with Gasteiger partial charge >= 0.3 is 0 Å². The van der Waals surface area contributed by atoms with Crippen molar-refractivity contribution in [3.8, 4) is 11.5 Å². The molecule has 0 atom stereocenters. The van der Waals surface area contributed by atoms with Gasteiger partial charge in [-0.05, 0) is 24.8 Å². The number of piperidine rings is 1. The number of hydrogen-bond donors (Lipinski definition) is 1. The number of rotatable bonds is 6. The molecular formula is C19H30N4O2. The molecule has 2 aromatic rings. The Kier molecular flexibility index (Phi) is 5.46. The Bertz CT molecular complexity index is 733. The van der Waals surface area contributed by atoms with Gasteiger partial charge in [-0.1, -0.05) is 19.8 Å². The van der Waals surface area contributed by atoms with E-state index in [9.17, 15) is 0 Å². The molecule has 1 aromatic carbocycles. The smallest absolute Gasteiger partial charge is 0.224 e. The number of methoxy groups -OCH3 is 2. The zero-order valence-corrected chi connectivity index (χ0v) is 15.6. The lowest BCUT2D eigenvalue weighted by molar-refractivity contribution is 0.355. The van der Waals surface area contributed by atoms with Gasteiger partial charge in [0.05, 0.1) is 19.7 Å². The number of nitrogens with one attached hydrogen (secondary N) is 1. The van der Waals surface area contributed by atoms with E-state index in [0.717, 1.165) is 35.7 Å². The highest BCUT2D eigenvalue weighted by atomic mass is 16.5. The molecule has 0 unspecified atom stereocenters. The van der Waals surface area contributed by atoms with Crippen molar-refractivity contribution in [1.29, 1.82) is 0 Å². The number of ether oxygens (including phenoxy) is 2. The highest BCUT2D eigenvalue weighted by molar-refractivity contribution is 5.93. The van der Waals surface area contributed by atoms with Crippen LogP contribution in [-0.4, -0.2) is 44.3 Å². The molecule has 3 rings (SSSR count). The molecule has 0 radical (unpaired) electrons. The summed E-state index contributed by atoms with van der Waals surface area (Å²) in [5, 5.41) is 4.08. The first-order valence-corrected chi connectivity index (χ1v) is 9.06. The molecule has 0 amide bonds. The van der Waals surface area contributed by atoms with Crippen LogP contribution in [0.1, 0.15) is 34.0 Å². The maximum Gasteiger partial charge on any atom is 0.224 e. The second-order valence-electron chi connectivity index (χ2n) is 6.56. The van der Waals surface area contributed by atoms with Crippen LogP contribution in [0.5, 0.6) is 11.5 Å². The topological polar surface area (TPSA) is 59.5 Å². The first-order valence-electron chi connectivity index (χ1n) is 9.06. The summed E-state index contributed by atoms with van der Waals surface area (Å²) in [7, 11) is 5.14. The summed E-state index contributed by atoms with van der Waals surface area (Å²) in [5.74, 6) is 3.84. The SMILES string of the molecule is CCCC1CCN(c2nc(NC)nc3cc(OC)c(OC)cc23)CC1.[HH]. The van der Waals surface area contributed by atoms with E-state index in [1.807, 2.05) is 19.2 Å². The minimum absolute atomic E-state index is 0. The van der Waals surface area contributed by atoms with Gasteiger partial charge in [0.2, 0.25) is 5.95 Å². The summed E-state index contributed by atoms with van der Waals surface area (Å²) in [5.41, 5.74) is 0.864. The first kappa shape index (κ1) is 17.6. The van der Waals surface area contributed by atoms with Gasteiger partial charge in [-0.3, -0.25) is 0 Å². The van der Waals surface area contributed by atoms with Crippen molar-refractivity contribution >= 4 is 22.7 Å². The summed E-state index contributed by atoms with van der Waals surface area (Å²) in [6.07, 6.45) is 5.04. The molecule has 1 aliphatic rings. The molecule has 0 aliphatic carbocycles.